The Balaban J connectivity index is 1.01. The molecule has 4 fully saturated rings. The van der Waals surface area contributed by atoms with Crippen LogP contribution in [0.4, 0.5) is 4.79 Å². The highest BCUT2D eigenvalue weighted by atomic mass is 35.5. The Labute approximate surface area is 193 Å². The number of urea groups is 1. The van der Waals surface area contributed by atoms with Crippen molar-refractivity contribution in [2.75, 3.05) is 26.3 Å². The molecular weight excluding hydrogens is 430 g/mol. The molecule has 4 aliphatic carbocycles. The molecule has 1 aliphatic heterocycles. The highest BCUT2D eigenvalue weighted by Gasteiger charge is 2.51. The van der Waals surface area contributed by atoms with Gasteiger partial charge in [-0.25, -0.2) is 4.79 Å². The highest BCUT2D eigenvalue weighted by Crippen LogP contribution is 2.55. The fraction of sp³-hybridized carbons (Fsp3) is 0.667. The van der Waals surface area contributed by atoms with E-state index in [-0.39, 0.29) is 23.9 Å². The first-order valence-corrected chi connectivity index (χ1v) is 12.3. The van der Waals surface area contributed by atoms with Gasteiger partial charge in [0.2, 0.25) is 5.91 Å². The molecule has 4 bridgehead atoms. The Bertz CT molecular complexity index is 855. The molecule has 0 spiro atoms. The van der Waals surface area contributed by atoms with E-state index in [4.69, 9.17) is 21.1 Å². The number of nitrogens with one attached hydrogen (secondary N) is 3. The number of fused-ring (bicyclic) bond motifs is 1. The van der Waals surface area contributed by atoms with Gasteiger partial charge in [-0.05, 0) is 80.4 Å². The molecular formula is C24H32ClN3O4. The summed E-state index contributed by atoms with van der Waals surface area (Å²) < 4.78 is 11.1. The fourth-order valence-electron chi connectivity index (χ4n) is 6.58. The molecule has 0 unspecified atom stereocenters. The van der Waals surface area contributed by atoms with Gasteiger partial charge in [0, 0.05) is 25.0 Å². The molecule has 1 aromatic carbocycles. The van der Waals surface area contributed by atoms with E-state index >= 15 is 0 Å². The van der Waals surface area contributed by atoms with E-state index in [0.717, 1.165) is 42.6 Å². The van der Waals surface area contributed by atoms with Crippen molar-refractivity contribution in [3.05, 3.63) is 22.7 Å². The van der Waals surface area contributed by atoms with Crippen LogP contribution in [0.1, 0.15) is 50.5 Å². The van der Waals surface area contributed by atoms with Crippen LogP contribution in [0.5, 0.6) is 11.5 Å². The van der Waals surface area contributed by atoms with Crippen molar-refractivity contribution in [2.45, 2.75) is 56.9 Å². The van der Waals surface area contributed by atoms with Gasteiger partial charge >= 0.3 is 6.03 Å². The minimum Gasteiger partial charge on any atom is -0.486 e. The van der Waals surface area contributed by atoms with Crippen LogP contribution in [0.25, 0.3) is 0 Å². The van der Waals surface area contributed by atoms with E-state index in [1.165, 1.54) is 19.3 Å². The van der Waals surface area contributed by atoms with Gasteiger partial charge in [-0.2, -0.15) is 0 Å². The first-order chi connectivity index (χ1) is 15.5. The normalized spacial score (nSPS) is 29.5. The zero-order valence-corrected chi connectivity index (χ0v) is 19.1. The van der Waals surface area contributed by atoms with Gasteiger partial charge < -0.3 is 25.4 Å². The molecule has 0 saturated heterocycles. The van der Waals surface area contributed by atoms with E-state index in [9.17, 15) is 9.59 Å². The lowest BCUT2D eigenvalue weighted by Gasteiger charge is -2.56. The van der Waals surface area contributed by atoms with Crippen molar-refractivity contribution in [1.82, 2.24) is 16.0 Å². The largest absolute Gasteiger partial charge is 0.486 e. The van der Waals surface area contributed by atoms with Gasteiger partial charge in [-0.15, -0.1) is 0 Å². The Morgan fingerprint density at radius 2 is 1.66 bits per heavy atom. The molecule has 174 valence electrons. The zero-order chi connectivity index (χ0) is 22.1. The van der Waals surface area contributed by atoms with Gasteiger partial charge in [-0.3, -0.25) is 4.79 Å². The van der Waals surface area contributed by atoms with Gasteiger partial charge in [0.05, 0.1) is 5.02 Å². The summed E-state index contributed by atoms with van der Waals surface area (Å²) in [6.07, 6.45) is 8.31. The molecule has 1 heterocycles. The molecule has 6 rings (SSSR count). The Morgan fingerprint density at radius 3 is 2.38 bits per heavy atom. The van der Waals surface area contributed by atoms with Crippen molar-refractivity contribution in [2.24, 2.45) is 17.8 Å². The van der Waals surface area contributed by atoms with Gasteiger partial charge in [-0.1, -0.05) is 11.6 Å². The predicted octanol–water partition coefficient (Wildman–Crippen LogP) is 3.43. The maximum absolute atomic E-state index is 12.5. The monoisotopic (exact) mass is 461 g/mol. The lowest BCUT2D eigenvalue weighted by atomic mass is 9.53. The van der Waals surface area contributed by atoms with E-state index in [1.807, 2.05) is 12.1 Å². The topological polar surface area (TPSA) is 88.7 Å². The second-order valence-electron chi connectivity index (χ2n) is 10.0. The third kappa shape index (κ3) is 4.77. The van der Waals surface area contributed by atoms with Crippen molar-refractivity contribution in [3.8, 4) is 11.5 Å². The van der Waals surface area contributed by atoms with Crippen molar-refractivity contribution < 1.29 is 19.1 Å². The average molecular weight is 462 g/mol. The molecule has 1 aromatic rings. The molecule has 32 heavy (non-hydrogen) atoms. The van der Waals surface area contributed by atoms with Gasteiger partial charge in [0.15, 0.2) is 11.5 Å². The second kappa shape index (κ2) is 9.00. The number of carbonyl (C=O) groups excluding carboxylic acids is 2. The molecule has 3 N–H and O–H groups in total. The third-order valence-corrected chi connectivity index (χ3v) is 7.73. The second-order valence-corrected chi connectivity index (χ2v) is 10.4. The summed E-state index contributed by atoms with van der Waals surface area (Å²) in [5.74, 6) is 3.52. The zero-order valence-electron chi connectivity index (χ0n) is 18.4. The van der Waals surface area contributed by atoms with Crippen LogP contribution < -0.4 is 25.4 Å². The molecule has 7 nitrogen and oxygen atoms in total. The molecule has 0 atom stereocenters. The van der Waals surface area contributed by atoms with Crippen LogP contribution in [0, 0.1) is 17.8 Å². The summed E-state index contributed by atoms with van der Waals surface area (Å²) in [5, 5.41) is 9.59. The number of rotatable bonds is 7. The van der Waals surface area contributed by atoms with E-state index < -0.39 is 0 Å². The van der Waals surface area contributed by atoms with Crippen LogP contribution in [0.15, 0.2) is 12.1 Å². The summed E-state index contributed by atoms with van der Waals surface area (Å²) in [6.45, 7) is 1.83. The van der Waals surface area contributed by atoms with Crippen LogP contribution in [0.2, 0.25) is 5.02 Å². The number of ether oxygens (including phenoxy) is 2. The first-order valence-electron chi connectivity index (χ1n) is 11.9. The summed E-state index contributed by atoms with van der Waals surface area (Å²) in [4.78, 5) is 24.6. The minimum absolute atomic E-state index is 0.00794. The van der Waals surface area contributed by atoms with Crippen LogP contribution in [0.3, 0.4) is 0 Å². The number of halogens is 1. The van der Waals surface area contributed by atoms with E-state index in [2.05, 4.69) is 16.0 Å². The Hall–Kier alpha value is -2.15. The quantitative estimate of drug-likeness (QED) is 0.580. The number of benzene rings is 1. The third-order valence-electron chi connectivity index (χ3n) is 7.45. The molecule has 5 aliphatic rings. The average Bonchev–Trinajstić information content (AvgIpc) is 2.72. The van der Waals surface area contributed by atoms with E-state index in [0.29, 0.717) is 49.2 Å². The predicted molar refractivity (Wildman–Crippen MR) is 121 cm³/mol. The smallest absolute Gasteiger partial charge is 0.315 e. The summed E-state index contributed by atoms with van der Waals surface area (Å²) in [5.41, 5.74) is 0.971. The molecule has 0 radical (unpaired) electrons. The van der Waals surface area contributed by atoms with Crippen molar-refractivity contribution >= 4 is 23.5 Å². The summed E-state index contributed by atoms with van der Waals surface area (Å²) in [7, 11) is 0. The highest BCUT2D eigenvalue weighted by molar-refractivity contribution is 6.32. The summed E-state index contributed by atoms with van der Waals surface area (Å²) in [6, 6.07) is 3.62. The number of amides is 3. The number of hydrogen-bond donors (Lipinski definition) is 3. The van der Waals surface area contributed by atoms with Crippen LogP contribution in [-0.2, 0) is 11.2 Å². The Morgan fingerprint density at radius 1 is 0.969 bits per heavy atom. The molecule has 0 aromatic heterocycles. The SMILES string of the molecule is O=C(CCNC(=O)NC12CC3CC(CC(C3)C1)C2)NCCc1cc(Cl)c2c(c1)OCCO2. The van der Waals surface area contributed by atoms with Gasteiger partial charge in [0.25, 0.3) is 0 Å². The first kappa shape index (κ1) is 21.7. The van der Waals surface area contributed by atoms with Crippen molar-refractivity contribution in [1.29, 1.82) is 0 Å². The molecule has 3 amide bonds. The molecule has 4 saturated carbocycles. The number of carbonyl (C=O) groups is 2. The van der Waals surface area contributed by atoms with Crippen LogP contribution >= 0.6 is 11.6 Å². The number of hydrogen-bond acceptors (Lipinski definition) is 4. The van der Waals surface area contributed by atoms with E-state index in [1.54, 1.807) is 0 Å². The lowest BCUT2D eigenvalue weighted by Crippen LogP contribution is -2.61. The van der Waals surface area contributed by atoms with Crippen molar-refractivity contribution in [3.63, 3.8) is 0 Å². The molecule has 8 heteroatoms. The fourth-order valence-corrected chi connectivity index (χ4v) is 6.87. The maximum atomic E-state index is 12.5. The van der Waals surface area contributed by atoms with Gasteiger partial charge in [0.1, 0.15) is 13.2 Å². The van der Waals surface area contributed by atoms with Crippen LogP contribution in [-0.4, -0.2) is 43.8 Å². The Kier molecular flexibility index (Phi) is 6.10. The summed E-state index contributed by atoms with van der Waals surface area (Å²) >= 11 is 6.26. The maximum Gasteiger partial charge on any atom is 0.315 e. The lowest BCUT2D eigenvalue weighted by molar-refractivity contribution is -0.120. The standard InChI is InChI=1S/C24H32ClN3O4/c25-19-10-15(11-20-22(19)32-6-5-31-20)1-3-26-21(29)2-4-27-23(30)28-24-12-16-7-17(13-24)9-18(8-16)14-24/h10-11,16-18H,1-9,12-14H2,(H,26,29)(H2,27,28,30). The minimum atomic E-state index is -0.134.